The molecule has 0 unspecified atom stereocenters. The molecule has 0 saturated carbocycles. The third kappa shape index (κ3) is 2.21. The fourth-order valence-corrected chi connectivity index (χ4v) is 1.58. The Labute approximate surface area is 86.0 Å². The largest absolute Gasteiger partial charge is 0.494 e. The van der Waals surface area contributed by atoms with Gasteiger partial charge in [-0.25, -0.2) is 4.39 Å². The van der Waals surface area contributed by atoms with Crippen molar-refractivity contribution in [1.82, 2.24) is 0 Å². The van der Waals surface area contributed by atoms with Crippen molar-refractivity contribution < 1.29 is 9.13 Å². The summed E-state index contributed by atoms with van der Waals surface area (Å²) < 4.78 is 18.4. The molecule has 13 heavy (non-hydrogen) atoms. The molecule has 0 saturated heterocycles. The highest BCUT2D eigenvalue weighted by Gasteiger charge is 2.09. The van der Waals surface area contributed by atoms with E-state index >= 15 is 0 Å². The smallest absolute Gasteiger partial charge is 0.169 e. The molecule has 0 amide bonds. The number of alkyl halides is 1. The van der Waals surface area contributed by atoms with Crippen molar-refractivity contribution in [2.24, 2.45) is 0 Å². The second kappa shape index (κ2) is 4.61. The number of hydrogen-bond acceptors (Lipinski definition) is 1. The van der Waals surface area contributed by atoms with E-state index in [2.05, 4.69) is 15.9 Å². The van der Waals surface area contributed by atoms with Crippen molar-refractivity contribution in [3.05, 3.63) is 29.1 Å². The van der Waals surface area contributed by atoms with Crippen LogP contribution in [-0.2, 0) is 11.8 Å². The van der Waals surface area contributed by atoms with Gasteiger partial charge in [-0.05, 0) is 18.1 Å². The topological polar surface area (TPSA) is 9.23 Å². The van der Waals surface area contributed by atoms with Gasteiger partial charge in [-0.1, -0.05) is 28.9 Å². The molecule has 3 heteroatoms. The molecule has 0 aliphatic carbocycles. The maximum atomic E-state index is 13.4. The summed E-state index contributed by atoms with van der Waals surface area (Å²) in [6.07, 6.45) is 0.886. The lowest BCUT2D eigenvalue weighted by molar-refractivity contribution is 0.384. The van der Waals surface area contributed by atoms with Crippen LogP contribution in [0.25, 0.3) is 0 Å². The molecule has 0 heterocycles. The van der Waals surface area contributed by atoms with Gasteiger partial charge in [-0.15, -0.1) is 0 Å². The molecule has 1 aromatic carbocycles. The summed E-state index contributed by atoms with van der Waals surface area (Å²) in [5.41, 5.74) is 1.74. The summed E-state index contributed by atoms with van der Waals surface area (Å²) in [5.74, 6) is 0.0605. The number of halogens is 2. The van der Waals surface area contributed by atoms with Gasteiger partial charge in [-0.2, -0.15) is 0 Å². The van der Waals surface area contributed by atoms with Gasteiger partial charge in [0.1, 0.15) is 0 Å². The molecule has 0 fully saturated rings. The second-order valence-corrected chi connectivity index (χ2v) is 3.32. The minimum Gasteiger partial charge on any atom is -0.494 e. The minimum atomic E-state index is -0.267. The molecule has 0 atom stereocenters. The minimum absolute atomic E-state index is 0.267. The van der Waals surface area contributed by atoms with E-state index in [4.69, 9.17) is 4.74 Å². The maximum Gasteiger partial charge on any atom is 0.169 e. The lowest BCUT2D eigenvalue weighted by Crippen LogP contribution is -1.95. The summed E-state index contributed by atoms with van der Waals surface area (Å²) in [6.45, 7) is 2.03. The van der Waals surface area contributed by atoms with Gasteiger partial charge >= 0.3 is 0 Å². The zero-order valence-electron chi connectivity index (χ0n) is 7.73. The number of aryl methyl sites for hydroxylation is 1. The van der Waals surface area contributed by atoms with Crippen LogP contribution in [0, 0.1) is 5.82 Å². The average Bonchev–Trinajstić information content (AvgIpc) is 2.18. The summed E-state index contributed by atoms with van der Waals surface area (Å²) in [6, 6.07) is 3.59. The molecule has 1 rings (SSSR count). The zero-order valence-corrected chi connectivity index (χ0v) is 9.32. The Balaban J connectivity index is 3.20. The first kappa shape index (κ1) is 10.5. The maximum absolute atomic E-state index is 13.4. The second-order valence-electron chi connectivity index (χ2n) is 2.76. The van der Waals surface area contributed by atoms with Crippen LogP contribution in [0.5, 0.6) is 5.75 Å². The van der Waals surface area contributed by atoms with Gasteiger partial charge in [0.2, 0.25) is 0 Å². The normalized spacial score (nSPS) is 10.2. The molecule has 1 aromatic rings. The van der Waals surface area contributed by atoms with Crippen molar-refractivity contribution in [1.29, 1.82) is 0 Å². The van der Waals surface area contributed by atoms with Gasteiger partial charge in [0.05, 0.1) is 7.11 Å². The summed E-state index contributed by atoms with van der Waals surface area (Å²) >= 11 is 3.24. The van der Waals surface area contributed by atoms with E-state index in [0.29, 0.717) is 16.6 Å². The molecule has 72 valence electrons. The third-order valence-corrected chi connectivity index (χ3v) is 2.55. The number of benzene rings is 1. The van der Waals surface area contributed by atoms with Crippen LogP contribution in [-0.4, -0.2) is 7.11 Å². The van der Waals surface area contributed by atoms with Crippen LogP contribution >= 0.6 is 15.9 Å². The molecule has 0 aliphatic heterocycles. The molecule has 0 bridgehead atoms. The fraction of sp³-hybridized carbons (Fsp3) is 0.400. The molecule has 0 N–H and O–H groups in total. The fourth-order valence-electron chi connectivity index (χ4n) is 1.17. The van der Waals surface area contributed by atoms with Gasteiger partial charge in [-0.3, -0.25) is 0 Å². The van der Waals surface area contributed by atoms with Gasteiger partial charge in [0.25, 0.3) is 0 Å². The zero-order chi connectivity index (χ0) is 9.84. The van der Waals surface area contributed by atoms with Gasteiger partial charge in [0, 0.05) is 10.9 Å². The SMILES string of the molecule is CCc1cc(CBr)c(F)c(OC)c1. The highest BCUT2D eigenvalue weighted by molar-refractivity contribution is 9.08. The highest BCUT2D eigenvalue weighted by atomic mass is 79.9. The Hall–Kier alpha value is -0.570. The molecular formula is C10H12BrFO. The van der Waals surface area contributed by atoms with Gasteiger partial charge < -0.3 is 4.74 Å². The van der Waals surface area contributed by atoms with Crippen LogP contribution in [0.3, 0.4) is 0 Å². The predicted molar refractivity (Wildman–Crippen MR) is 55.0 cm³/mol. The standard InChI is InChI=1S/C10H12BrFO/c1-3-7-4-8(6-11)10(12)9(5-7)13-2/h4-5H,3,6H2,1-2H3. The molecule has 0 spiro atoms. The van der Waals surface area contributed by atoms with Crippen molar-refractivity contribution >= 4 is 15.9 Å². The lowest BCUT2D eigenvalue weighted by Gasteiger charge is -2.08. The molecule has 1 nitrogen and oxygen atoms in total. The van der Waals surface area contributed by atoms with Crippen molar-refractivity contribution in [3.63, 3.8) is 0 Å². The number of methoxy groups -OCH3 is 1. The Morgan fingerprint density at radius 3 is 2.62 bits per heavy atom. The highest BCUT2D eigenvalue weighted by Crippen LogP contribution is 2.24. The van der Waals surface area contributed by atoms with Gasteiger partial charge in [0.15, 0.2) is 11.6 Å². The first-order valence-electron chi connectivity index (χ1n) is 4.14. The van der Waals surface area contributed by atoms with E-state index in [-0.39, 0.29) is 5.82 Å². The predicted octanol–water partition coefficient (Wildman–Crippen LogP) is 3.29. The Kier molecular flexibility index (Phi) is 3.72. The third-order valence-electron chi connectivity index (χ3n) is 1.95. The van der Waals surface area contributed by atoms with E-state index < -0.39 is 0 Å². The summed E-state index contributed by atoms with van der Waals surface area (Å²) in [4.78, 5) is 0. The average molecular weight is 247 g/mol. The number of rotatable bonds is 3. The van der Waals surface area contributed by atoms with Crippen LogP contribution in [0.1, 0.15) is 18.1 Å². The summed E-state index contributed by atoms with van der Waals surface area (Å²) in [5, 5.41) is 0.517. The van der Waals surface area contributed by atoms with Crippen molar-refractivity contribution in [2.75, 3.05) is 7.11 Å². The number of ether oxygens (including phenoxy) is 1. The number of hydrogen-bond donors (Lipinski definition) is 0. The van der Waals surface area contributed by atoms with E-state index in [1.54, 1.807) is 6.07 Å². The Bertz CT molecular complexity index is 274. The Morgan fingerprint density at radius 1 is 1.46 bits per heavy atom. The molecule has 0 aromatic heterocycles. The van der Waals surface area contributed by atoms with E-state index in [1.807, 2.05) is 13.0 Å². The van der Waals surface area contributed by atoms with Crippen LogP contribution < -0.4 is 4.74 Å². The molecule has 0 aliphatic rings. The monoisotopic (exact) mass is 246 g/mol. The van der Waals surface area contributed by atoms with E-state index in [1.165, 1.54) is 7.11 Å². The van der Waals surface area contributed by atoms with E-state index in [0.717, 1.165) is 12.0 Å². The van der Waals surface area contributed by atoms with Crippen LogP contribution in [0.2, 0.25) is 0 Å². The Morgan fingerprint density at radius 2 is 2.15 bits per heavy atom. The first-order valence-corrected chi connectivity index (χ1v) is 5.26. The van der Waals surface area contributed by atoms with E-state index in [9.17, 15) is 4.39 Å². The van der Waals surface area contributed by atoms with Crippen LogP contribution in [0.15, 0.2) is 12.1 Å². The molecular weight excluding hydrogens is 235 g/mol. The summed E-state index contributed by atoms with van der Waals surface area (Å²) in [7, 11) is 1.48. The molecule has 0 radical (unpaired) electrons. The van der Waals surface area contributed by atoms with Crippen molar-refractivity contribution in [2.45, 2.75) is 18.7 Å². The first-order chi connectivity index (χ1) is 6.22. The lowest BCUT2D eigenvalue weighted by atomic mass is 10.1. The van der Waals surface area contributed by atoms with Crippen LogP contribution in [0.4, 0.5) is 4.39 Å². The quantitative estimate of drug-likeness (QED) is 0.744. The van der Waals surface area contributed by atoms with Crippen molar-refractivity contribution in [3.8, 4) is 5.75 Å².